The fraction of sp³-hybridized carbons (Fsp3) is 0.429. The molecule has 2 N–H and O–H groups in total. The van der Waals surface area contributed by atoms with Crippen molar-refractivity contribution in [3.63, 3.8) is 0 Å². The molecular weight excluding hydrogens is 282 g/mol. The van der Waals surface area contributed by atoms with E-state index in [4.69, 9.17) is 10.5 Å². The van der Waals surface area contributed by atoms with Crippen molar-refractivity contribution in [2.24, 2.45) is 0 Å². The van der Waals surface area contributed by atoms with Gasteiger partial charge < -0.3 is 10.5 Å². The van der Waals surface area contributed by atoms with Crippen LogP contribution >= 0.6 is 0 Å². The number of hydrogen-bond donors (Lipinski definition) is 1. The van der Waals surface area contributed by atoms with E-state index in [0.717, 1.165) is 24.5 Å². The van der Waals surface area contributed by atoms with Crippen molar-refractivity contribution in [1.82, 2.24) is 0 Å². The van der Waals surface area contributed by atoms with Crippen LogP contribution in [0.1, 0.15) is 66.0 Å². The zero-order valence-corrected chi connectivity index (χ0v) is 14.9. The Bertz CT molecular complexity index is 729. The first-order chi connectivity index (χ1) is 10.9. The molecule has 2 aromatic rings. The highest BCUT2D eigenvalue weighted by atomic mass is 16.5. The highest BCUT2D eigenvalue weighted by Gasteiger charge is 2.27. The van der Waals surface area contributed by atoms with Gasteiger partial charge in [-0.15, -0.1) is 0 Å². The lowest BCUT2D eigenvalue weighted by molar-refractivity contribution is 0.352. The Balaban J connectivity index is 2.08. The van der Waals surface area contributed by atoms with Crippen molar-refractivity contribution < 1.29 is 4.74 Å². The lowest BCUT2D eigenvalue weighted by Gasteiger charge is -2.22. The van der Waals surface area contributed by atoms with Crippen molar-refractivity contribution in [2.75, 3.05) is 12.3 Å². The summed E-state index contributed by atoms with van der Waals surface area (Å²) in [5, 5.41) is 0. The normalized spacial score (nSPS) is 14.7. The minimum Gasteiger partial charge on any atom is -0.493 e. The second-order valence-corrected chi connectivity index (χ2v) is 7.03. The minimum atomic E-state index is 0.283. The van der Waals surface area contributed by atoms with E-state index in [2.05, 4.69) is 58.9 Å². The third-order valence-electron chi connectivity index (χ3n) is 5.32. The van der Waals surface area contributed by atoms with Crippen LogP contribution in [0.5, 0.6) is 5.75 Å². The average Bonchev–Trinajstić information content (AvgIpc) is 3.02. The molecule has 0 saturated heterocycles. The summed E-state index contributed by atoms with van der Waals surface area (Å²) in [6.45, 7) is 11.7. The molecule has 0 bridgehead atoms. The molecule has 0 aliphatic carbocycles. The quantitative estimate of drug-likeness (QED) is 0.801. The number of fused-ring (bicyclic) bond motifs is 1. The molecule has 0 radical (unpaired) electrons. The van der Waals surface area contributed by atoms with Crippen molar-refractivity contribution in [1.29, 1.82) is 0 Å². The zero-order valence-electron chi connectivity index (χ0n) is 14.9. The first kappa shape index (κ1) is 15.9. The van der Waals surface area contributed by atoms with E-state index in [9.17, 15) is 0 Å². The average molecular weight is 309 g/mol. The molecule has 1 aliphatic rings. The molecule has 0 fully saturated rings. The summed E-state index contributed by atoms with van der Waals surface area (Å²) in [4.78, 5) is 0. The number of nitrogen functional groups attached to an aromatic ring is 1. The van der Waals surface area contributed by atoms with Gasteiger partial charge in [-0.2, -0.15) is 0 Å². The molecule has 1 atom stereocenters. The van der Waals surface area contributed by atoms with Gasteiger partial charge >= 0.3 is 0 Å². The Hall–Kier alpha value is -1.96. The van der Waals surface area contributed by atoms with E-state index in [-0.39, 0.29) is 5.92 Å². The molecule has 0 amide bonds. The number of anilines is 1. The van der Waals surface area contributed by atoms with Gasteiger partial charge in [0.1, 0.15) is 5.75 Å². The summed E-state index contributed by atoms with van der Waals surface area (Å²) in [5.74, 6) is 1.92. The van der Waals surface area contributed by atoms with E-state index in [0.29, 0.717) is 5.92 Å². The largest absolute Gasteiger partial charge is 0.493 e. The second kappa shape index (κ2) is 5.92. The lowest BCUT2D eigenvalue weighted by Crippen LogP contribution is -2.07. The minimum absolute atomic E-state index is 0.283. The molecule has 2 nitrogen and oxygen atoms in total. The summed E-state index contributed by atoms with van der Waals surface area (Å²) in [7, 11) is 0. The molecule has 23 heavy (non-hydrogen) atoms. The SMILES string of the molecule is Cc1c(N)c(C)c(C(C)c2ccc(C(C)C)cc2)c2c1CCO2. The van der Waals surface area contributed by atoms with Gasteiger partial charge in [-0.1, -0.05) is 45.0 Å². The van der Waals surface area contributed by atoms with Crippen molar-refractivity contribution >= 4 is 5.69 Å². The number of hydrogen-bond acceptors (Lipinski definition) is 2. The highest BCUT2D eigenvalue weighted by molar-refractivity contribution is 5.68. The third-order valence-corrected chi connectivity index (χ3v) is 5.32. The highest BCUT2D eigenvalue weighted by Crippen LogP contribution is 2.44. The molecule has 1 heterocycles. The zero-order chi connectivity index (χ0) is 16.7. The van der Waals surface area contributed by atoms with E-state index in [1.54, 1.807) is 0 Å². The summed E-state index contributed by atoms with van der Waals surface area (Å²) in [6.07, 6.45) is 0.970. The summed E-state index contributed by atoms with van der Waals surface area (Å²) in [6, 6.07) is 8.97. The molecule has 0 aromatic heterocycles. The van der Waals surface area contributed by atoms with Crippen LogP contribution in [-0.2, 0) is 6.42 Å². The summed E-state index contributed by atoms with van der Waals surface area (Å²) >= 11 is 0. The van der Waals surface area contributed by atoms with Crippen molar-refractivity contribution in [3.8, 4) is 5.75 Å². The maximum atomic E-state index is 6.38. The number of benzene rings is 2. The maximum absolute atomic E-state index is 6.38. The van der Waals surface area contributed by atoms with Gasteiger partial charge in [0.25, 0.3) is 0 Å². The van der Waals surface area contributed by atoms with Gasteiger partial charge in [0.2, 0.25) is 0 Å². The van der Waals surface area contributed by atoms with E-state index < -0.39 is 0 Å². The molecule has 2 aromatic carbocycles. The molecule has 0 spiro atoms. The molecule has 0 saturated carbocycles. The van der Waals surface area contributed by atoms with Crippen LogP contribution in [0, 0.1) is 13.8 Å². The van der Waals surface area contributed by atoms with Crippen LogP contribution in [0.4, 0.5) is 5.69 Å². The standard InChI is InChI=1S/C21H27NO/c1-12(2)16-6-8-17(9-7-16)13(3)19-15(5)20(22)14(4)18-10-11-23-21(18)19/h6-9,12-13H,10-11,22H2,1-5H3. The molecule has 2 heteroatoms. The van der Waals surface area contributed by atoms with Gasteiger partial charge in [-0.3, -0.25) is 0 Å². The Morgan fingerprint density at radius 1 is 0.957 bits per heavy atom. The Morgan fingerprint density at radius 3 is 2.17 bits per heavy atom. The molecule has 1 aliphatic heterocycles. The number of ether oxygens (including phenoxy) is 1. The Labute approximate surface area is 139 Å². The van der Waals surface area contributed by atoms with Gasteiger partial charge in [0.15, 0.2) is 0 Å². The number of rotatable bonds is 3. The third kappa shape index (κ3) is 2.60. The molecule has 1 unspecified atom stereocenters. The lowest BCUT2D eigenvalue weighted by atomic mass is 9.84. The van der Waals surface area contributed by atoms with Crippen molar-refractivity contribution in [3.05, 3.63) is 57.6 Å². The predicted octanol–water partition coefficient (Wildman–Crippen LogP) is 5.10. The number of nitrogens with two attached hydrogens (primary N) is 1. The van der Waals surface area contributed by atoms with Gasteiger partial charge in [-0.25, -0.2) is 0 Å². The first-order valence-electron chi connectivity index (χ1n) is 8.55. The van der Waals surface area contributed by atoms with Gasteiger partial charge in [-0.05, 0) is 42.0 Å². The van der Waals surface area contributed by atoms with Crippen LogP contribution in [0.2, 0.25) is 0 Å². The molecule has 3 rings (SSSR count). The fourth-order valence-corrected chi connectivity index (χ4v) is 3.67. The van der Waals surface area contributed by atoms with Crippen LogP contribution < -0.4 is 10.5 Å². The van der Waals surface area contributed by atoms with E-state index in [1.165, 1.54) is 33.4 Å². The van der Waals surface area contributed by atoms with Crippen LogP contribution in [0.15, 0.2) is 24.3 Å². The van der Waals surface area contributed by atoms with Gasteiger partial charge in [0.05, 0.1) is 6.61 Å². The second-order valence-electron chi connectivity index (χ2n) is 7.03. The first-order valence-corrected chi connectivity index (χ1v) is 8.55. The van der Waals surface area contributed by atoms with Crippen LogP contribution in [0.25, 0.3) is 0 Å². The monoisotopic (exact) mass is 309 g/mol. The van der Waals surface area contributed by atoms with Crippen LogP contribution in [0.3, 0.4) is 0 Å². The Kier molecular flexibility index (Phi) is 4.09. The Morgan fingerprint density at radius 2 is 1.57 bits per heavy atom. The van der Waals surface area contributed by atoms with E-state index in [1.807, 2.05) is 0 Å². The summed E-state index contributed by atoms with van der Waals surface area (Å²) in [5.41, 5.74) is 14.9. The fourth-order valence-electron chi connectivity index (χ4n) is 3.67. The predicted molar refractivity (Wildman–Crippen MR) is 97.6 cm³/mol. The van der Waals surface area contributed by atoms with Crippen molar-refractivity contribution in [2.45, 2.75) is 52.9 Å². The molecule has 122 valence electrons. The molecular formula is C21H27NO. The topological polar surface area (TPSA) is 35.2 Å². The summed E-state index contributed by atoms with van der Waals surface area (Å²) < 4.78 is 6.00. The maximum Gasteiger partial charge on any atom is 0.127 e. The van der Waals surface area contributed by atoms with Crippen LogP contribution in [-0.4, -0.2) is 6.61 Å². The smallest absolute Gasteiger partial charge is 0.127 e. The van der Waals surface area contributed by atoms with E-state index >= 15 is 0 Å². The van der Waals surface area contributed by atoms with Gasteiger partial charge in [0, 0.05) is 29.2 Å².